The molecular formula is C10H14N4. The van der Waals surface area contributed by atoms with Crippen molar-refractivity contribution in [1.82, 2.24) is 10.3 Å². The van der Waals surface area contributed by atoms with E-state index in [1.807, 2.05) is 31.1 Å². The average Bonchev–Trinajstić information content (AvgIpc) is 2.70. The summed E-state index contributed by atoms with van der Waals surface area (Å²) >= 11 is 0. The molecule has 14 heavy (non-hydrogen) atoms. The van der Waals surface area contributed by atoms with Crippen LogP contribution in [-0.2, 0) is 0 Å². The van der Waals surface area contributed by atoms with Crippen LogP contribution in [0.4, 0.5) is 5.82 Å². The standard InChI is InChI=1S/C10H14N4/c1-14(2)10-8(4-3-5-13-10)9-11-6-7-12-9/h3-5H,6-7H2,1-2H3,(H,11,12). The van der Waals surface area contributed by atoms with Crippen LogP contribution in [0, 0.1) is 0 Å². The summed E-state index contributed by atoms with van der Waals surface area (Å²) in [6, 6.07) is 3.98. The molecule has 2 heterocycles. The van der Waals surface area contributed by atoms with Gasteiger partial charge >= 0.3 is 0 Å². The molecule has 1 aliphatic heterocycles. The molecule has 1 N–H and O–H groups in total. The Morgan fingerprint density at radius 3 is 2.93 bits per heavy atom. The number of amidine groups is 1. The number of hydrogen-bond acceptors (Lipinski definition) is 4. The second-order valence-corrected chi connectivity index (χ2v) is 3.43. The number of anilines is 1. The van der Waals surface area contributed by atoms with E-state index < -0.39 is 0 Å². The SMILES string of the molecule is CN(C)c1ncccc1C1=NCCN1. The highest BCUT2D eigenvalue weighted by atomic mass is 15.1. The van der Waals surface area contributed by atoms with Gasteiger partial charge < -0.3 is 10.2 Å². The third-order valence-corrected chi connectivity index (χ3v) is 2.14. The smallest absolute Gasteiger partial charge is 0.139 e. The van der Waals surface area contributed by atoms with E-state index in [0.29, 0.717) is 0 Å². The molecule has 2 rings (SSSR count). The molecule has 0 bridgehead atoms. The Hall–Kier alpha value is -1.58. The molecule has 0 unspecified atom stereocenters. The van der Waals surface area contributed by atoms with Crippen molar-refractivity contribution in [2.75, 3.05) is 32.1 Å². The fraction of sp³-hybridized carbons (Fsp3) is 0.400. The van der Waals surface area contributed by atoms with Crippen molar-refractivity contribution in [1.29, 1.82) is 0 Å². The summed E-state index contributed by atoms with van der Waals surface area (Å²) in [5, 5.41) is 3.25. The molecule has 74 valence electrons. The van der Waals surface area contributed by atoms with Crippen LogP contribution in [0.1, 0.15) is 5.56 Å². The third-order valence-electron chi connectivity index (χ3n) is 2.14. The van der Waals surface area contributed by atoms with E-state index in [-0.39, 0.29) is 0 Å². The first-order valence-electron chi connectivity index (χ1n) is 4.70. The average molecular weight is 190 g/mol. The molecule has 1 aromatic rings. The molecule has 4 nitrogen and oxygen atoms in total. The van der Waals surface area contributed by atoms with E-state index in [4.69, 9.17) is 0 Å². The van der Waals surface area contributed by atoms with Crippen molar-refractivity contribution in [3.63, 3.8) is 0 Å². The van der Waals surface area contributed by atoms with Gasteiger partial charge in [0.15, 0.2) is 0 Å². The van der Waals surface area contributed by atoms with E-state index in [1.54, 1.807) is 6.20 Å². The molecule has 0 aromatic carbocycles. The molecule has 0 fully saturated rings. The van der Waals surface area contributed by atoms with Gasteiger partial charge in [-0.3, -0.25) is 4.99 Å². The van der Waals surface area contributed by atoms with Crippen LogP contribution in [0.2, 0.25) is 0 Å². The topological polar surface area (TPSA) is 40.5 Å². The lowest BCUT2D eigenvalue weighted by atomic mass is 10.2. The van der Waals surface area contributed by atoms with Crippen molar-refractivity contribution >= 4 is 11.7 Å². The monoisotopic (exact) mass is 190 g/mol. The maximum absolute atomic E-state index is 4.39. The largest absolute Gasteiger partial charge is 0.368 e. The number of pyridine rings is 1. The number of hydrogen-bond donors (Lipinski definition) is 1. The zero-order valence-corrected chi connectivity index (χ0v) is 8.49. The number of nitrogens with zero attached hydrogens (tertiary/aromatic N) is 3. The number of rotatable bonds is 2. The van der Waals surface area contributed by atoms with E-state index in [1.165, 1.54) is 0 Å². The highest BCUT2D eigenvalue weighted by molar-refractivity contribution is 6.03. The summed E-state index contributed by atoms with van der Waals surface area (Å²) in [5.74, 6) is 1.92. The van der Waals surface area contributed by atoms with Gasteiger partial charge in [0.2, 0.25) is 0 Å². The maximum Gasteiger partial charge on any atom is 0.139 e. The summed E-state index contributed by atoms with van der Waals surface area (Å²) in [6.07, 6.45) is 1.80. The zero-order chi connectivity index (χ0) is 9.97. The summed E-state index contributed by atoms with van der Waals surface area (Å²) < 4.78 is 0. The van der Waals surface area contributed by atoms with Gasteiger partial charge in [0.05, 0.1) is 12.1 Å². The van der Waals surface area contributed by atoms with E-state index in [2.05, 4.69) is 15.3 Å². The van der Waals surface area contributed by atoms with Gasteiger partial charge in [-0.25, -0.2) is 4.98 Å². The lowest BCUT2D eigenvalue weighted by Gasteiger charge is -2.15. The molecule has 4 heteroatoms. The van der Waals surface area contributed by atoms with Crippen LogP contribution in [0.25, 0.3) is 0 Å². The first-order valence-corrected chi connectivity index (χ1v) is 4.70. The quantitative estimate of drug-likeness (QED) is 0.738. The van der Waals surface area contributed by atoms with E-state index in [9.17, 15) is 0 Å². The molecule has 0 saturated heterocycles. The Morgan fingerprint density at radius 1 is 1.43 bits per heavy atom. The van der Waals surface area contributed by atoms with Crippen molar-refractivity contribution in [3.8, 4) is 0 Å². The molecule has 0 amide bonds. The Morgan fingerprint density at radius 2 is 2.29 bits per heavy atom. The molecule has 1 aromatic heterocycles. The summed E-state index contributed by atoms with van der Waals surface area (Å²) in [7, 11) is 3.97. The summed E-state index contributed by atoms with van der Waals surface area (Å²) in [4.78, 5) is 10.7. The normalized spacial score (nSPS) is 14.9. The fourth-order valence-electron chi connectivity index (χ4n) is 1.52. The third kappa shape index (κ3) is 1.55. The van der Waals surface area contributed by atoms with E-state index >= 15 is 0 Å². The number of nitrogens with one attached hydrogen (secondary N) is 1. The van der Waals surface area contributed by atoms with Gasteiger partial charge in [-0.15, -0.1) is 0 Å². The Bertz CT molecular complexity index is 357. The first kappa shape index (κ1) is 8.99. The van der Waals surface area contributed by atoms with Crippen LogP contribution in [0.5, 0.6) is 0 Å². The highest BCUT2D eigenvalue weighted by Gasteiger charge is 2.13. The van der Waals surface area contributed by atoms with Gasteiger partial charge in [-0.05, 0) is 12.1 Å². The highest BCUT2D eigenvalue weighted by Crippen LogP contribution is 2.15. The molecule has 1 aliphatic rings. The number of aliphatic imine (C=N–C) groups is 1. The Labute approximate surface area is 83.7 Å². The van der Waals surface area contributed by atoms with Crippen molar-refractivity contribution in [3.05, 3.63) is 23.9 Å². The molecule has 0 aliphatic carbocycles. The fourth-order valence-corrected chi connectivity index (χ4v) is 1.52. The molecule has 0 atom stereocenters. The van der Waals surface area contributed by atoms with Crippen molar-refractivity contribution in [2.24, 2.45) is 4.99 Å². The maximum atomic E-state index is 4.39. The predicted molar refractivity (Wildman–Crippen MR) is 58.0 cm³/mol. The van der Waals surface area contributed by atoms with Gasteiger partial charge in [0, 0.05) is 26.8 Å². The second kappa shape index (κ2) is 3.65. The van der Waals surface area contributed by atoms with Crippen LogP contribution in [-0.4, -0.2) is 38.0 Å². The van der Waals surface area contributed by atoms with Crippen LogP contribution < -0.4 is 10.2 Å². The zero-order valence-electron chi connectivity index (χ0n) is 8.49. The van der Waals surface area contributed by atoms with Crippen molar-refractivity contribution in [2.45, 2.75) is 0 Å². The summed E-state index contributed by atoms with van der Waals surface area (Å²) in [6.45, 7) is 1.79. The van der Waals surface area contributed by atoms with Crippen molar-refractivity contribution < 1.29 is 0 Å². The lowest BCUT2D eigenvalue weighted by molar-refractivity contribution is 0.958. The molecular weight excluding hydrogens is 176 g/mol. The minimum Gasteiger partial charge on any atom is -0.368 e. The molecule has 0 radical (unpaired) electrons. The van der Waals surface area contributed by atoms with E-state index in [0.717, 1.165) is 30.3 Å². The second-order valence-electron chi connectivity index (χ2n) is 3.43. The number of aromatic nitrogens is 1. The Kier molecular flexibility index (Phi) is 2.35. The first-order chi connectivity index (χ1) is 6.79. The predicted octanol–water partition coefficient (Wildman–Crippen LogP) is 0.497. The van der Waals surface area contributed by atoms with Crippen LogP contribution in [0.15, 0.2) is 23.3 Å². The van der Waals surface area contributed by atoms with Gasteiger partial charge in [-0.1, -0.05) is 0 Å². The Balaban J connectivity index is 2.41. The minimum atomic E-state index is 0.858. The minimum absolute atomic E-state index is 0.858. The molecule has 0 saturated carbocycles. The molecule has 0 spiro atoms. The van der Waals surface area contributed by atoms with Gasteiger partial charge in [-0.2, -0.15) is 0 Å². The van der Waals surface area contributed by atoms with Gasteiger partial charge in [0.25, 0.3) is 0 Å². The summed E-state index contributed by atoms with van der Waals surface area (Å²) in [5.41, 5.74) is 1.08. The lowest BCUT2D eigenvalue weighted by Crippen LogP contribution is -2.23. The van der Waals surface area contributed by atoms with Crippen LogP contribution in [0.3, 0.4) is 0 Å². The van der Waals surface area contributed by atoms with Crippen LogP contribution >= 0.6 is 0 Å². The van der Waals surface area contributed by atoms with Gasteiger partial charge in [0.1, 0.15) is 11.7 Å².